The summed E-state index contributed by atoms with van der Waals surface area (Å²) < 4.78 is 31.1. The molecule has 0 aliphatic heterocycles. The minimum atomic E-state index is -3.31. The highest BCUT2D eigenvalue weighted by molar-refractivity contribution is 7.88. The predicted molar refractivity (Wildman–Crippen MR) is 107 cm³/mol. The van der Waals surface area contributed by atoms with Crippen LogP contribution in [0.2, 0.25) is 0 Å². The first kappa shape index (κ1) is 21.7. The van der Waals surface area contributed by atoms with Crippen LogP contribution in [0.3, 0.4) is 0 Å². The van der Waals surface area contributed by atoms with Crippen molar-refractivity contribution in [3.8, 4) is 5.75 Å². The van der Waals surface area contributed by atoms with Crippen LogP contribution in [0.15, 0.2) is 24.3 Å². The SMILES string of the molecule is COc1cccc(CCNC(=O)CCN(C2CCCCCC2)S(C)(=O)=O)c1. The third-order valence-electron chi connectivity index (χ3n) is 5.09. The molecule has 1 aromatic rings. The highest BCUT2D eigenvalue weighted by Gasteiger charge is 2.27. The molecule has 1 saturated carbocycles. The van der Waals surface area contributed by atoms with Crippen LogP contribution in [0.1, 0.15) is 50.5 Å². The van der Waals surface area contributed by atoms with E-state index in [4.69, 9.17) is 4.74 Å². The van der Waals surface area contributed by atoms with Crippen molar-refractivity contribution in [2.45, 2.75) is 57.4 Å². The Hall–Kier alpha value is -1.60. The molecule has 1 aliphatic carbocycles. The van der Waals surface area contributed by atoms with Crippen molar-refractivity contribution in [1.82, 2.24) is 9.62 Å². The number of hydrogen-bond donors (Lipinski definition) is 1. The summed E-state index contributed by atoms with van der Waals surface area (Å²) in [4.78, 5) is 12.2. The summed E-state index contributed by atoms with van der Waals surface area (Å²) in [5, 5.41) is 2.89. The van der Waals surface area contributed by atoms with Gasteiger partial charge >= 0.3 is 0 Å². The van der Waals surface area contributed by atoms with Crippen LogP contribution in [-0.4, -0.2) is 51.1 Å². The lowest BCUT2D eigenvalue weighted by Gasteiger charge is -2.28. The van der Waals surface area contributed by atoms with Crippen molar-refractivity contribution in [1.29, 1.82) is 0 Å². The first-order chi connectivity index (χ1) is 12.9. The number of methoxy groups -OCH3 is 1. The third kappa shape index (κ3) is 7.50. The van der Waals surface area contributed by atoms with E-state index in [0.29, 0.717) is 13.0 Å². The van der Waals surface area contributed by atoms with Crippen molar-refractivity contribution in [2.75, 3.05) is 26.5 Å². The van der Waals surface area contributed by atoms with E-state index in [1.807, 2.05) is 24.3 Å². The highest BCUT2D eigenvalue weighted by atomic mass is 32.2. The summed E-state index contributed by atoms with van der Waals surface area (Å²) >= 11 is 0. The number of carbonyl (C=O) groups is 1. The first-order valence-corrected chi connectivity index (χ1v) is 11.6. The average Bonchev–Trinajstić information content (AvgIpc) is 2.90. The van der Waals surface area contributed by atoms with Gasteiger partial charge in [0.2, 0.25) is 15.9 Å². The number of sulfonamides is 1. The fraction of sp³-hybridized carbons (Fsp3) is 0.650. The molecule has 0 unspecified atom stereocenters. The maximum absolute atomic E-state index is 12.2. The van der Waals surface area contributed by atoms with E-state index in [1.165, 1.54) is 19.1 Å². The molecule has 0 heterocycles. The fourth-order valence-electron chi connectivity index (χ4n) is 3.64. The number of amides is 1. The number of carbonyl (C=O) groups excluding carboxylic acids is 1. The molecule has 152 valence electrons. The zero-order chi connectivity index (χ0) is 19.7. The highest BCUT2D eigenvalue weighted by Crippen LogP contribution is 2.23. The van der Waals surface area contributed by atoms with Crippen molar-refractivity contribution in [3.63, 3.8) is 0 Å². The van der Waals surface area contributed by atoms with Crippen LogP contribution in [0, 0.1) is 0 Å². The summed E-state index contributed by atoms with van der Waals surface area (Å²) in [5.74, 6) is 0.686. The zero-order valence-corrected chi connectivity index (χ0v) is 17.3. The molecule has 1 N–H and O–H groups in total. The number of hydrogen-bond acceptors (Lipinski definition) is 4. The number of nitrogens with one attached hydrogen (secondary N) is 1. The third-order valence-corrected chi connectivity index (χ3v) is 6.42. The second-order valence-corrected chi connectivity index (χ2v) is 9.16. The molecule has 0 aromatic heterocycles. The molecule has 0 bridgehead atoms. The van der Waals surface area contributed by atoms with E-state index >= 15 is 0 Å². The summed E-state index contributed by atoms with van der Waals surface area (Å²) in [7, 11) is -1.68. The van der Waals surface area contributed by atoms with Gasteiger partial charge in [0.05, 0.1) is 13.4 Å². The normalized spacial score (nSPS) is 16.1. The van der Waals surface area contributed by atoms with Crippen LogP contribution in [0.4, 0.5) is 0 Å². The van der Waals surface area contributed by atoms with Gasteiger partial charge in [-0.1, -0.05) is 37.8 Å². The lowest BCUT2D eigenvalue weighted by Crippen LogP contribution is -2.41. The van der Waals surface area contributed by atoms with Gasteiger partial charge < -0.3 is 10.1 Å². The monoisotopic (exact) mass is 396 g/mol. The Bertz CT molecular complexity index is 698. The molecule has 1 aromatic carbocycles. The Morgan fingerprint density at radius 3 is 2.56 bits per heavy atom. The van der Waals surface area contributed by atoms with E-state index in [2.05, 4.69) is 5.32 Å². The fourth-order valence-corrected chi connectivity index (χ4v) is 4.81. The second-order valence-electron chi connectivity index (χ2n) is 7.22. The molecule has 0 radical (unpaired) electrons. The van der Waals surface area contributed by atoms with Crippen molar-refractivity contribution >= 4 is 15.9 Å². The van der Waals surface area contributed by atoms with Gasteiger partial charge in [0.15, 0.2) is 0 Å². The molecule has 0 atom stereocenters. The van der Waals surface area contributed by atoms with Gasteiger partial charge in [-0.15, -0.1) is 0 Å². The van der Waals surface area contributed by atoms with Gasteiger partial charge in [-0.2, -0.15) is 4.31 Å². The van der Waals surface area contributed by atoms with Crippen LogP contribution >= 0.6 is 0 Å². The first-order valence-electron chi connectivity index (χ1n) is 9.76. The minimum absolute atomic E-state index is 0.0343. The number of nitrogens with zero attached hydrogens (tertiary/aromatic N) is 1. The minimum Gasteiger partial charge on any atom is -0.497 e. The molecular weight excluding hydrogens is 364 g/mol. The smallest absolute Gasteiger partial charge is 0.221 e. The molecule has 6 nitrogen and oxygen atoms in total. The maximum atomic E-state index is 12.2. The van der Waals surface area contributed by atoms with Gasteiger partial charge in [0, 0.05) is 25.6 Å². The maximum Gasteiger partial charge on any atom is 0.221 e. The van der Waals surface area contributed by atoms with Crippen LogP contribution in [0.5, 0.6) is 5.75 Å². The van der Waals surface area contributed by atoms with Gasteiger partial charge in [0.1, 0.15) is 5.75 Å². The van der Waals surface area contributed by atoms with Gasteiger partial charge in [-0.25, -0.2) is 8.42 Å². The largest absolute Gasteiger partial charge is 0.497 e. The van der Waals surface area contributed by atoms with Crippen LogP contribution in [0.25, 0.3) is 0 Å². The van der Waals surface area contributed by atoms with Crippen LogP contribution in [-0.2, 0) is 21.2 Å². The quantitative estimate of drug-likeness (QED) is 0.651. The Kier molecular flexibility index (Phi) is 8.57. The van der Waals surface area contributed by atoms with E-state index < -0.39 is 10.0 Å². The van der Waals surface area contributed by atoms with Crippen molar-refractivity contribution in [2.24, 2.45) is 0 Å². The van der Waals surface area contributed by atoms with Gasteiger partial charge in [0.25, 0.3) is 0 Å². The predicted octanol–water partition coefficient (Wildman–Crippen LogP) is 2.73. The Balaban J connectivity index is 1.80. The molecule has 2 rings (SSSR count). The van der Waals surface area contributed by atoms with E-state index in [9.17, 15) is 13.2 Å². The molecule has 27 heavy (non-hydrogen) atoms. The van der Waals surface area contributed by atoms with Gasteiger partial charge in [-0.05, 0) is 37.0 Å². The van der Waals surface area contributed by atoms with Gasteiger partial charge in [-0.3, -0.25) is 4.79 Å². The molecular formula is C20H32N2O4S. The Morgan fingerprint density at radius 2 is 1.93 bits per heavy atom. The topological polar surface area (TPSA) is 75.7 Å². The molecule has 0 spiro atoms. The molecule has 1 amide bonds. The van der Waals surface area contributed by atoms with E-state index in [0.717, 1.165) is 37.0 Å². The number of benzene rings is 1. The standard InChI is InChI=1S/C20H32N2O4S/c1-26-19-11-7-8-17(16-19)12-14-21-20(23)13-15-22(27(2,24)25)18-9-5-3-4-6-10-18/h7-8,11,16,18H,3-6,9-10,12-15H2,1-2H3,(H,21,23). The number of rotatable bonds is 9. The Morgan fingerprint density at radius 1 is 1.22 bits per heavy atom. The summed E-state index contributed by atoms with van der Waals surface area (Å²) in [6.45, 7) is 0.781. The summed E-state index contributed by atoms with van der Waals surface area (Å²) in [5.41, 5.74) is 1.09. The Labute approximate surface area is 163 Å². The summed E-state index contributed by atoms with van der Waals surface area (Å²) in [6, 6.07) is 7.78. The molecule has 1 fully saturated rings. The molecule has 0 saturated heterocycles. The zero-order valence-electron chi connectivity index (χ0n) is 16.4. The lowest BCUT2D eigenvalue weighted by molar-refractivity contribution is -0.121. The lowest BCUT2D eigenvalue weighted by atomic mass is 10.1. The van der Waals surface area contributed by atoms with Crippen molar-refractivity contribution < 1.29 is 17.9 Å². The van der Waals surface area contributed by atoms with Crippen molar-refractivity contribution in [3.05, 3.63) is 29.8 Å². The van der Waals surface area contributed by atoms with Crippen LogP contribution < -0.4 is 10.1 Å². The number of ether oxygens (including phenoxy) is 1. The molecule has 1 aliphatic rings. The summed E-state index contributed by atoms with van der Waals surface area (Å²) in [6.07, 6.45) is 8.39. The second kappa shape index (κ2) is 10.7. The van der Waals surface area contributed by atoms with E-state index in [-0.39, 0.29) is 24.9 Å². The molecule has 7 heteroatoms. The van der Waals surface area contributed by atoms with E-state index in [1.54, 1.807) is 11.4 Å². The average molecular weight is 397 g/mol.